The molecule has 0 amide bonds. The molecular weight excluding hydrogens is 296 g/mol. The van der Waals surface area contributed by atoms with Crippen LogP contribution in [0, 0.1) is 0 Å². The summed E-state index contributed by atoms with van der Waals surface area (Å²) in [5.74, 6) is 1.16. The number of imidazole rings is 1. The number of rotatable bonds is 6. The average Bonchev–Trinajstić information content (AvgIpc) is 3.20. The summed E-state index contributed by atoms with van der Waals surface area (Å²) in [6, 6.07) is 0.412. The van der Waals surface area contributed by atoms with Gasteiger partial charge in [-0.3, -0.25) is 4.90 Å². The van der Waals surface area contributed by atoms with Crippen LogP contribution < -0.4 is 0 Å². The second-order valence-electron chi connectivity index (χ2n) is 5.80. The largest absolute Gasteiger partial charge is 0.372 e. The molecule has 0 saturated carbocycles. The molecule has 0 N–H and O–H groups in total. The van der Waals surface area contributed by atoms with Crippen LogP contribution in [0.3, 0.4) is 0 Å². The smallest absolute Gasteiger partial charge is 0.125 e. The van der Waals surface area contributed by atoms with Crippen molar-refractivity contribution in [2.24, 2.45) is 7.05 Å². The van der Waals surface area contributed by atoms with Gasteiger partial charge in [0.05, 0.1) is 11.7 Å². The third kappa shape index (κ3) is 3.24. The molecule has 0 spiro atoms. The molecular formula is C16H24N4OS. The summed E-state index contributed by atoms with van der Waals surface area (Å²) in [6.45, 7) is 6.83. The molecule has 2 aromatic heterocycles. The molecule has 22 heavy (non-hydrogen) atoms. The maximum atomic E-state index is 5.63. The number of aromatic nitrogens is 3. The monoisotopic (exact) mass is 320 g/mol. The van der Waals surface area contributed by atoms with Gasteiger partial charge in [-0.25, -0.2) is 9.97 Å². The Labute approximate surface area is 136 Å². The van der Waals surface area contributed by atoms with E-state index in [-0.39, 0.29) is 6.10 Å². The van der Waals surface area contributed by atoms with Gasteiger partial charge in [0.25, 0.3) is 0 Å². The van der Waals surface area contributed by atoms with E-state index in [1.54, 1.807) is 11.3 Å². The van der Waals surface area contributed by atoms with Gasteiger partial charge in [-0.05, 0) is 33.2 Å². The second kappa shape index (κ2) is 6.89. The second-order valence-corrected chi connectivity index (χ2v) is 6.69. The van der Waals surface area contributed by atoms with Gasteiger partial charge in [0.2, 0.25) is 0 Å². The molecule has 3 rings (SSSR count). The average molecular weight is 320 g/mol. The quantitative estimate of drug-likeness (QED) is 0.819. The van der Waals surface area contributed by atoms with Gasteiger partial charge >= 0.3 is 0 Å². The van der Waals surface area contributed by atoms with E-state index in [0.29, 0.717) is 6.04 Å². The normalized spacial score (nSPS) is 20.6. The van der Waals surface area contributed by atoms with Gasteiger partial charge in [-0.15, -0.1) is 11.3 Å². The first-order valence-electron chi connectivity index (χ1n) is 7.96. The Morgan fingerprint density at radius 3 is 3.09 bits per heavy atom. The Balaban J connectivity index is 1.69. The van der Waals surface area contributed by atoms with Crippen LogP contribution in [0.5, 0.6) is 0 Å². The number of likely N-dealkylation sites (tertiary alicyclic amines) is 1. The molecule has 0 unspecified atom stereocenters. The molecule has 5 nitrogen and oxygen atoms in total. The van der Waals surface area contributed by atoms with Gasteiger partial charge in [-0.1, -0.05) is 0 Å². The summed E-state index contributed by atoms with van der Waals surface area (Å²) in [4.78, 5) is 11.8. The third-order valence-corrected chi connectivity index (χ3v) is 5.27. The van der Waals surface area contributed by atoms with E-state index in [9.17, 15) is 0 Å². The van der Waals surface area contributed by atoms with Gasteiger partial charge < -0.3 is 9.30 Å². The predicted molar refractivity (Wildman–Crippen MR) is 87.7 cm³/mol. The summed E-state index contributed by atoms with van der Waals surface area (Å²) in [5, 5.41) is 3.24. The van der Waals surface area contributed by atoms with Crippen LogP contribution in [-0.4, -0.2) is 32.6 Å². The van der Waals surface area contributed by atoms with Gasteiger partial charge in [0.15, 0.2) is 0 Å². The van der Waals surface area contributed by atoms with E-state index >= 15 is 0 Å². The lowest BCUT2D eigenvalue weighted by Gasteiger charge is -2.23. The zero-order valence-electron chi connectivity index (χ0n) is 13.5. The van der Waals surface area contributed by atoms with Gasteiger partial charge in [0, 0.05) is 38.0 Å². The van der Waals surface area contributed by atoms with E-state index in [1.807, 2.05) is 19.3 Å². The topological polar surface area (TPSA) is 43.2 Å². The molecule has 120 valence electrons. The highest BCUT2D eigenvalue weighted by atomic mass is 32.1. The summed E-state index contributed by atoms with van der Waals surface area (Å²) < 4.78 is 7.76. The highest BCUT2D eigenvalue weighted by Crippen LogP contribution is 2.32. The Kier molecular flexibility index (Phi) is 4.90. The Morgan fingerprint density at radius 1 is 1.50 bits per heavy atom. The molecule has 3 heterocycles. The van der Waals surface area contributed by atoms with Crippen LogP contribution in [-0.2, 0) is 18.3 Å². The van der Waals surface area contributed by atoms with Crippen molar-refractivity contribution in [1.82, 2.24) is 19.4 Å². The Hall–Kier alpha value is -1.24. The van der Waals surface area contributed by atoms with Crippen molar-refractivity contribution in [1.29, 1.82) is 0 Å². The van der Waals surface area contributed by atoms with Crippen molar-refractivity contribution in [2.45, 2.75) is 45.4 Å². The lowest BCUT2D eigenvalue weighted by molar-refractivity contribution is 0.0760. The fraction of sp³-hybridized carbons (Fsp3) is 0.625. The molecule has 0 bridgehead atoms. The van der Waals surface area contributed by atoms with Gasteiger partial charge in [0.1, 0.15) is 16.9 Å². The SMILES string of the molecule is CCO[C@@H](C)c1nc(CN2CCC[C@@H]2c2nccn2C)cs1. The molecule has 2 atom stereocenters. The fourth-order valence-electron chi connectivity index (χ4n) is 3.12. The minimum atomic E-state index is 0.0904. The molecule has 0 aliphatic carbocycles. The van der Waals surface area contributed by atoms with Crippen molar-refractivity contribution in [3.63, 3.8) is 0 Å². The van der Waals surface area contributed by atoms with Crippen LogP contribution >= 0.6 is 11.3 Å². The summed E-state index contributed by atoms with van der Waals surface area (Å²) >= 11 is 1.70. The van der Waals surface area contributed by atoms with E-state index in [1.165, 1.54) is 12.8 Å². The number of nitrogens with zero attached hydrogens (tertiary/aromatic N) is 4. The molecule has 1 saturated heterocycles. The van der Waals surface area contributed by atoms with Crippen LogP contribution in [0.2, 0.25) is 0 Å². The zero-order valence-corrected chi connectivity index (χ0v) is 14.3. The van der Waals surface area contributed by atoms with Crippen LogP contribution in [0.1, 0.15) is 55.4 Å². The number of hydrogen-bond donors (Lipinski definition) is 0. The minimum absolute atomic E-state index is 0.0904. The summed E-state index contributed by atoms with van der Waals surface area (Å²) in [7, 11) is 2.07. The highest BCUT2D eigenvalue weighted by molar-refractivity contribution is 7.09. The van der Waals surface area contributed by atoms with E-state index in [2.05, 4.69) is 33.8 Å². The lowest BCUT2D eigenvalue weighted by atomic mass is 10.2. The predicted octanol–water partition coefficient (Wildman–Crippen LogP) is 3.31. The maximum absolute atomic E-state index is 5.63. The van der Waals surface area contributed by atoms with E-state index in [4.69, 9.17) is 9.72 Å². The van der Waals surface area contributed by atoms with Crippen molar-refractivity contribution in [3.05, 3.63) is 34.3 Å². The van der Waals surface area contributed by atoms with E-state index < -0.39 is 0 Å². The highest BCUT2D eigenvalue weighted by Gasteiger charge is 2.29. The molecule has 1 fully saturated rings. The first-order valence-corrected chi connectivity index (χ1v) is 8.84. The van der Waals surface area contributed by atoms with Crippen LogP contribution in [0.25, 0.3) is 0 Å². The zero-order chi connectivity index (χ0) is 15.5. The Bertz CT molecular complexity index is 609. The number of aryl methyl sites for hydroxylation is 1. The summed E-state index contributed by atoms with van der Waals surface area (Å²) in [5.41, 5.74) is 1.15. The molecule has 6 heteroatoms. The Morgan fingerprint density at radius 2 is 2.36 bits per heavy atom. The first-order chi connectivity index (χ1) is 10.7. The standard InChI is InChI=1S/C16H24N4OS/c1-4-21-12(2)16-18-13(11-22-16)10-20-8-5-6-14(20)15-17-7-9-19(15)3/h7,9,11-12,14H,4-6,8,10H2,1-3H3/t12-,14+/m0/s1. The molecule has 0 radical (unpaired) electrons. The maximum Gasteiger partial charge on any atom is 0.125 e. The summed E-state index contributed by atoms with van der Waals surface area (Å²) in [6.07, 6.45) is 6.40. The lowest BCUT2D eigenvalue weighted by Crippen LogP contribution is -2.25. The number of hydrogen-bond acceptors (Lipinski definition) is 5. The third-order valence-electron chi connectivity index (χ3n) is 4.22. The van der Waals surface area contributed by atoms with Crippen molar-refractivity contribution < 1.29 is 4.74 Å². The fourth-order valence-corrected chi connectivity index (χ4v) is 3.93. The van der Waals surface area contributed by atoms with Gasteiger partial charge in [-0.2, -0.15) is 0 Å². The number of ether oxygens (including phenoxy) is 1. The van der Waals surface area contributed by atoms with Crippen molar-refractivity contribution >= 4 is 11.3 Å². The molecule has 0 aromatic carbocycles. The van der Waals surface area contributed by atoms with Crippen molar-refractivity contribution in [3.8, 4) is 0 Å². The van der Waals surface area contributed by atoms with Crippen molar-refractivity contribution in [2.75, 3.05) is 13.2 Å². The van der Waals surface area contributed by atoms with Crippen LogP contribution in [0.4, 0.5) is 0 Å². The molecule has 1 aliphatic heterocycles. The first kappa shape index (κ1) is 15.6. The molecule has 2 aromatic rings. The minimum Gasteiger partial charge on any atom is -0.372 e. The van der Waals surface area contributed by atoms with E-state index in [0.717, 1.165) is 36.2 Å². The number of thiazole rings is 1. The molecule has 1 aliphatic rings. The van der Waals surface area contributed by atoms with Crippen LogP contribution in [0.15, 0.2) is 17.8 Å².